The van der Waals surface area contributed by atoms with Crippen LogP contribution in [0, 0.1) is 11.3 Å². The lowest BCUT2D eigenvalue weighted by Gasteiger charge is -2.35. The van der Waals surface area contributed by atoms with Crippen molar-refractivity contribution in [3.8, 4) is 22.9 Å². The molecule has 6 heteroatoms. The number of carbonyl (C=O) groups excluding carboxylic acids is 1. The number of ether oxygens (including phenoxy) is 1. The lowest BCUT2D eigenvalue weighted by atomic mass is 10.0. The summed E-state index contributed by atoms with van der Waals surface area (Å²) in [5, 5.41) is 11.9. The van der Waals surface area contributed by atoms with Crippen LogP contribution in [0.5, 0.6) is 5.75 Å². The van der Waals surface area contributed by atoms with Crippen LogP contribution in [0.4, 0.5) is 0 Å². The van der Waals surface area contributed by atoms with Crippen molar-refractivity contribution in [1.29, 1.82) is 5.26 Å². The monoisotopic (exact) mass is 392 g/mol. The molecule has 3 rings (SSSR count). The molecule has 1 atom stereocenters. The molecule has 0 unspecified atom stereocenters. The van der Waals surface area contributed by atoms with Crippen molar-refractivity contribution in [2.75, 3.05) is 46.4 Å². The molecule has 0 aliphatic carbocycles. The van der Waals surface area contributed by atoms with E-state index in [2.05, 4.69) is 16.3 Å². The number of likely N-dealkylation sites (N-methyl/N-ethyl adjacent to an activating group) is 1. The lowest BCUT2D eigenvalue weighted by molar-refractivity contribution is -0.134. The molecule has 1 amide bonds. The van der Waals surface area contributed by atoms with Gasteiger partial charge in [-0.3, -0.25) is 9.69 Å². The van der Waals surface area contributed by atoms with E-state index >= 15 is 0 Å². The molecule has 1 aliphatic heterocycles. The van der Waals surface area contributed by atoms with Gasteiger partial charge in [-0.1, -0.05) is 24.3 Å². The smallest absolute Gasteiger partial charge is 0.239 e. The molecule has 1 fully saturated rings. The van der Waals surface area contributed by atoms with E-state index in [0.717, 1.165) is 49.6 Å². The number of hydrogen-bond acceptors (Lipinski definition) is 5. The van der Waals surface area contributed by atoms with E-state index < -0.39 is 0 Å². The van der Waals surface area contributed by atoms with Crippen molar-refractivity contribution in [2.45, 2.75) is 13.0 Å². The maximum atomic E-state index is 12.2. The Morgan fingerprint density at radius 2 is 1.66 bits per heavy atom. The Bertz CT molecular complexity index is 835. The minimum atomic E-state index is -0.128. The molecule has 29 heavy (non-hydrogen) atoms. The highest BCUT2D eigenvalue weighted by atomic mass is 16.5. The third-order valence-corrected chi connectivity index (χ3v) is 5.37. The summed E-state index contributed by atoms with van der Waals surface area (Å²) in [5.74, 6) is 1.02. The van der Waals surface area contributed by atoms with Gasteiger partial charge in [-0.15, -0.1) is 0 Å². The standard InChI is InChI=1S/C23H28N4O2/c1-18(25-2)23(28)27-13-11-26(12-14-27)15-16-29-22-9-7-21(8-10-22)20-5-3-19(17-24)4-6-20/h3-10,18,25H,11-16H2,1-2H3/t18-/m1/s1. The first-order chi connectivity index (χ1) is 14.1. The second kappa shape index (κ2) is 10.1. The molecule has 1 heterocycles. The summed E-state index contributed by atoms with van der Waals surface area (Å²) in [4.78, 5) is 16.5. The van der Waals surface area contributed by atoms with E-state index in [0.29, 0.717) is 12.2 Å². The van der Waals surface area contributed by atoms with Gasteiger partial charge in [0.2, 0.25) is 5.91 Å². The van der Waals surface area contributed by atoms with E-state index in [4.69, 9.17) is 10.00 Å². The molecule has 1 aliphatic rings. The largest absolute Gasteiger partial charge is 0.492 e. The van der Waals surface area contributed by atoms with Gasteiger partial charge in [-0.2, -0.15) is 5.26 Å². The van der Waals surface area contributed by atoms with Crippen LogP contribution >= 0.6 is 0 Å². The van der Waals surface area contributed by atoms with Gasteiger partial charge in [0.15, 0.2) is 0 Å². The van der Waals surface area contributed by atoms with Gasteiger partial charge in [0.05, 0.1) is 17.7 Å². The first kappa shape index (κ1) is 20.8. The van der Waals surface area contributed by atoms with Crippen molar-refractivity contribution in [3.63, 3.8) is 0 Å². The normalized spacial score (nSPS) is 15.6. The number of benzene rings is 2. The zero-order valence-corrected chi connectivity index (χ0v) is 17.1. The zero-order chi connectivity index (χ0) is 20.6. The van der Waals surface area contributed by atoms with Crippen molar-refractivity contribution in [2.24, 2.45) is 0 Å². The van der Waals surface area contributed by atoms with Crippen molar-refractivity contribution < 1.29 is 9.53 Å². The summed E-state index contributed by atoms with van der Waals surface area (Å²) in [7, 11) is 1.81. The summed E-state index contributed by atoms with van der Waals surface area (Å²) in [6.07, 6.45) is 0. The quantitative estimate of drug-likeness (QED) is 0.783. The summed E-state index contributed by atoms with van der Waals surface area (Å²) in [5.41, 5.74) is 2.84. The minimum Gasteiger partial charge on any atom is -0.492 e. The Kier molecular flexibility index (Phi) is 7.23. The van der Waals surface area contributed by atoms with Gasteiger partial charge in [-0.25, -0.2) is 0 Å². The number of rotatable bonds is 7. The molecule has 152 valence electrons. The van der Waals surface area contributed by atoms with E-state index in [1.54, 1.807) is 0 Å². The third-order valence-electron chi connectivity index (χ3n) is 5.37. The van der Waals surface area contributed by atoms with Gasteiger partial charge in [0.25, 0.3) is 0 Å². The maximum Gasteiger partial charge on any atom is 0.239 e. The first-order valence-electron chi connectivity index (χ1n) is 10.0. The molecule has 0 bridgehead atoms. The molecular formula is C23H28N4O2. The SMILES string of the molecule is CN[C@H](C)C(=O)N1CCN(CCOc2ccc(-c3ccc(C#N)cc3)cc2)CC1. The Balaban J connectivity index is 1.42. The molecule has 2 aromatic carbocycles. The number of nitriles is 1. The highest BCUT2D eigenvalue weighted by molar-refractivity contribution is 5.81. The van der Waals surface area contributed by atoms with E-state index in [9.17, 15) is 4.79 Å². The molecule has 2 aromatic rings. The second-order valence-electron chi connectivity index (χ2n) is 7.24. The van der Waals surface area contributed by atoms with E-state index in [-0.39, 0.29) is 11.9 Å². The fraction of sp³-hybridized carbons (Fsp3) is 0.391. The van der Waals surface area contributed by atoms with Crippen LogP contribution in [-0.2, 0) is 4.79 Å². The molecule has 6 nitrogen and oxygen atoms in total. The lowest BCUT2D eigenvalue weighted by Crippen LogP contribution is -2.53. The number of nitrogens with zero attached hydrogens (tertiary/aromatic N) is 3. The summed E-state index contributed by atoms with van der Waals surface area (Å²) >= 11 is 0. The highest BCUT2D eigenvalue weighted by Gasteiger charge is 2.23. The fourth-order valence-corrected chi connectivity index (χ4v) is 3.36. The first-order valence-corrected chi connectivity index (χ1v) is 10.0. The van der Waals surface area contributed by atoms with Gasteiger partial charge < -0.3 is 15.0 Å². The van der Waals surface area contributed by atoms with Crippen molar-refractivity contribution in [3.05, 3.63) is 54.1 Å². The molecule has 1 saturated heterocycles. The molecule has 0 aromatic heterocycles. The second-order valence-corrected chi connectivity index (χ2v) is 7.24. The zero-order valence-electron chi connectivity index (χ0n) is 17.1. The fourth-order valence-electron chi connectivity index (χ4n) is 3.36. The van der Waals surface area contributed by atoms with Gasteiger partial charge in [0.1, 0.15) is 12.4 Å². The van der Waals surface area contributed by atoms with Crippen molar-refractivity contribution >= 4 is 5.91 Å². The Hall–Kier alpha value is -2.88. The summed E-state index contributed by atoms with van der Waals surface area (Å²) < 4.78 is 5.89. The highest BCUT2D eigenvalue weighted by Crippen LogP contribution is 2.22. The average molecular weight is 393 g/mol. The Labute approximate surface area is 172 Å². The van der Waals surface area contributed by atoms with Crippen LogP contribution in [0.2, 0.25) is 0 Å². The molecule has 1 N–H and O–H groups in total. The van der Waals surface area contributed by atoms with Crippen LogP contribution in [-0.4, -0.2) is 68.1 Å². The molecular weight excluding hydrogens is 364 g/mol. The number of hydrogen-bond donors (Lipinski definition) is 1. The molecule has 0 radical (unpaired) electrons. The number of piperazine rings is 1. The predicted octanol–water partition coefficient (Wildman–Crippen LogP) is 2.36. The minimum absolute atomic E-state index is 0.128. The van der Waals surface area contributed by atoms with E-state index in [1.807, 2.05) is 67.4 Å². The number of nitrogens with one attached hydrogen (secondary N) is 1. The summed E-state index contributed by atoms with van der Waals surface area (Å²) in [6, 6.07) is 17.6. The summed E-state index contributed by atoms with van der Waals surface area (Å²) in [6.45, 7) is 6.66. The third kappa shape index (κ3) is 5.57. The van der Waals surface area contributed by atoms with Crippen molar-refractivity contribution in [1.82, 2.24) is 15.1 Å². The van der Waals surface area contributed by atoms with Crippen LogP contribution in [0.3, 0.4) is 0 Å². The van der Waals surface area contributed by atoms with Crippen LogP contribution < -0.4 is 10.1 Å². The Morgan fingerprint density at radius 3 is 2.21 bits per heavy atom. The van der Waals surface area contributed by atoms with Gasteiger partial charge in [0, 0.05) is 32.7 Å². The van der Waals surface area contributed by atoms with Gasteiger partial charge >= 0.3 is 0 Å². The average Bonchev–Trinajstić information content (AvgIpc) is 2.79. The topological polar surface area (TPSA) is 68.6 Å². The van der Waals surface area contributed by atoms with Gasteiger partial charge in [-0.05, 0) is 49.4 Å². The maximum absolute atomic E-state index is 12.2. The van der Waals surface area contributed by atoms with Crippen LogP contribution in [0.25, 0.3) is 11.1 Å². The predicted molar refractivity (Wildman–Crippen MR) is 114 cm³/mol. The number of carbonyl (C=O) groups is 1. The molecule has 0 saturated carbocycles. The number of amides is 1. The van der Waals surface area contributed by atoms with Crippen LogP contribution in [0.15, 0.2) is 48.5 Å². The van der Waals surface area contributed by atoms with E-state index in [1.165, 1.54) is 0 Å². The molecule has 0 spiro atoms. The van der Waals surface area contributed by atoms with Crippen LogP contribution in [0.1, 0.15) is 12.5 Å². The Morgan fingerprint density at radius 1 is 1.07 bits per heavy atom.